The Bertz CT molecular complexity index is 1250. The third-order valence-corrected chi connectivity index (χ3v) is 5.82. The second-order valence-electron chi connectivity index (χ2n) is 6.95. The summed E-state index contributed by atoms with van der Waals surface area (Å²) in [5.41, 5.74) is 4.39. The molecule has 0 spiro atoms. The van der Waals surface area contributed by atoms with Crippen molar-refractivity contribution in [2.45, 2.75) is 5.75 Å². The molecular formula is C24H19N3O3S. The van der Waals surface area contributed by atoms with E-state index in [-0.39, 0.29) is 17.3 Å². The maximum Gasteiger partial charge on any atom is 0.269 e. The Balaban J connectivity index is 1.41. The van der Waals surface area contributed by atoms with Crippen molar-refractivity contribution < 1.29 is 9.72 Å². The first kappa shape index (κ1) is 20.6. The van der Waals surface area contributed by atoms with Crippen LogP contribution in [0, 0.1) is 10.1 Å². The van der Waals surface area contributed by atoms with Crippen LogP contribution in [0.15, 0.2) is 84.0 Å². The van der Waals surface area contributed by atoms with E-state index in [0.29, 0.717) is 5.75 Å². The first-order chi connectivity index (χ1) is 15.1. The van der Waals surface area contributed by atoms with Crippen molar-refractivity contribution >= 4 is 51.1 Å². The Hall–Kier alpha value is -3.71. The Kier molecular flexibility index (Phi) is 6.24. The standard InChI is InChI=1S/C24H19N3O3S/c28-24(16-31-15-17-6-5-9-20(12-17)27(29)30)26-25-14-23-21-10-3-1-7-18(21)13-19-8-2-4-11-22(19)23/h1-14H,15-16H2,(H,26,28)/b25-14-. The molecule has 4 aromatic carbocycles. The highest BCUT2D eigenvalue weighted by atomic mass is 32.2. The summed E-state index contributed by atoms with van der Waals surface area (Å²) in [6.45, 7) is 0. The summed E-state index contributed by atoms with van der Waals surface area (Å²) in [6.07, 6.45) is 1.69. The number of nitrogens with zero attached hydrogens (tertiary/aromatic N) is 2. The van der Waals surface area contributed by atoms with Crippen LogP contribution in [0.4, 0.5) is 5.69 Å². The number of nitro benzene ring substituents is 1. The van der Waals surface area contributed by atoms with Crippen LogP contribution in [0.2, 0.25) is 0 Å². The van der Waals surface area contributed by atoms with Crippen LogP contribution in [-0.2, 0) is 10.5 Å². The van der Waals surface area contributed by atoms with E-state index in [4.69, 9.17) is 0 Å². The van der Waals surface area contributed by atoms with Gasteiger partial charge in [0, 0.05) is 23.4 Å². The molecule has 0 aliphatic rings. The summed E-state index contributed by atoms with van der Waals surface area (Å²) in [5, 5.41) is 19.4. The molecule has 0 aromatic heterocycles. The van der Waals surface area contributed by atoms with Crippen molar-refractivity contribution in [1.29, 1.82) is 0 Å². The van der Waals surface area contributed by atoms with Crippen molar-refractivity contribution in [2.75, 3.05) is 5.75 Å². The minimum atomic E-state index is -0.424. The average molecular weight is 430 g/mol. The summed E-state index contributed by atoms with van der Waals surface area (Å²) >= 11 is 1.38. The van der Waals surface area contributed by atoms with Gasteiger partial charge in [0.15, 0.2) is 0 Å². The van der Waals surface area contributed by atoms with Crippen LogP contribution in [0.1, 0.15) is 11.1 Å². The number of carbonyl (C=O) groups is 1. The molecule has 0 saturated heterocycles. The van der Waals surface area contributed by atoms with Gasteiger partial charge < -0.3 is 0 Å². The lowest BCUT2D eigenvalue weighted by molar-refractivity contribution is -0.384. The van der Waals surface area contributed by atoms with Gasteiger partial charge in [-0.1, -0.05) is 60.7 Å². The molecule has 0 saturated carbocycles. The highest BCUT2D eigenvalue weighted by molar-refractivity contribution is 7.99. The number of hydrazone groups is 1. The van der Waals surface area contributed by atoms with E-state index in [0.717, 1.165) is 32.7 Å². The van der Waals surface area contributed by atoms with E-state index in [9.17, 15) is 14.9 Å². The van der Waals surface area contributed by atoms with Crippen molar-refractivity contribution in [3.63, 3.8) is 0 Å². The summed E-state index contributed by atoms with van der Waals surface area (Å²) in [6, 6.07) is 24.7. The number of benzene rings is 4. The lowest BCUT2D eigenvalue weighted by atomic mass is 9.97. The molecule has 7 heteroatoms. The lowest BCUT2D eigenvalue weighted by Gasteiger charge is -2.08. The molecule has 0 aliphatic carbocycles. The van der Waals surface area contributed by atoms with Gasteiger partial charge in [0.25, 0.3) is 5.69 Å². The van der Waals surface area contributed by atoms with E-state index < -0.39 is 4.92 Å². The molecule has 1 amide bonds. The number of fused-ring (bicyclic) bond motifs is 2. The maximum atomic E-state index is 12.2. The van der Waals surface area contributed by atoms with Crippen molar-refractivity contribution in [3.8, 4) is 0 Å². The number of amides is 1. The highest BCUT2D eigenvalue weighted by Crippen LogP contribution is 2.27. The molecule has 0 radical (unpaired) electrons. The quantitative estimate of drug-likeness (QED) is 0.187. The molecule has 4 rings (SSSR count). The molecule has 0 heterocycles. The number of hydrogen-bond donors (Lipinski definition) is 1. The van der Waals surface area contributed by atoms with Crippen molar-refractivity contribution in [2.24, 2.45) is 5.10 Å². The molecular weight excluding hydrogens is 410 g/mol. The van der Waals surface area contributed by atoms with Crippen LogP contribution in [0.5, 0.6) is 0 Å². The van der Waals surface area contributed by atoms with Crippen molar-refractivity contribution in [1.82, 2.24) is 5.43 Å². The Morgan fingerprint density at radius 2 is 1.65 bits per heavy atom. The number of thioether (sulfide) groups is 1. The number of hydrogen-bond acceptors (Lipinski definition) is 5. The lowest BCUT2D eigenvalue weighted by Crippen LogP contribution is -2.19. The molecule has 6 nitrogen and oxygen atoms in total. The van der Waals surface area contributed by atoms with Crippen LogP contribution in [0.25, 0.3) is 21.5 Å². The van der Waals surface area contributed by atoms with Gasteiger partial charge in [-0.15, -0.1) is 11.8 Å². The van der Waals surface area contributed by atoms with Crippen LogP contribution >= 0.6 is 11.8 Å². The van der Waals surface area contributed by atoms with E-state index in [2.05, 4.69) is 28.7 Å². The van der Waals surface area contributed by atoms with E-state index in [1.807, 2.05) is 42.5 Å². The largest absolute Gasteiger partial charge is 0.272 e. The third kappa shape index (κ3) is 4.90. The zero-order valence-electron chi connectivity index (χ0n) is 16.5. The SMILES string of the molecule is O=C(CSCc1cccc([N+](=O)[O-])c1)N/N=C\c1c2ccccc2cc2ccccc12. The predicted octanol–water partition coefficient (Wildman–Crippen LogP) is 5.28. The smallest absolute Gasteiger partial charge is 0.269 e. The molecule has 0 fully saturated rings. The molecule has 4 aromatic rings. The Morgan fingerprint density at radius 3 is 2.32 bits per heavy atom. The zero-order valence-corrected chi connectivity index (χ0v) is 17.3. The predicted molar refractivity (Wildman–Crippen MR) is 126 cm³/mol. The molecule has 0 aliphatic heterocycles. The van der Waals surface area contributed by atoms with Gasteiger partial charge in [-0.2, -0.15) is 5.10 Å². The number of carbonyl (C=O) groups excluding carboxylic acids is 1. The molecule has 0 atom stereocenters. The normalized spacial score (nSPS) is 11.2. The third-order valence-electron chi connectivity index (χ3n) is 4.82. The van der Waals surface area contributed by atoms with Gasteiger partial charge in [0.05, 0.1) is 16.9 Å². The van der Waals surface area contributed by atoms with Gasteiger partial charge in [-0.3, -0.25) is 14.9 Å². The molecule has 154 valence electrons. The number of rotatable bonds is 7. The Labute approximate surface area is 183 Å². The van der Waals surface area contributed by atoms with Crippen LogP contribution in [-0.4, -0.2) is 22.8 Å². The topological polar surface area (TPSA) is 84.6 Å². The minimum absolute atomic E-state index is 0.0504. The summed E-state index contributed by atoms with van der Waals surface area (Å²) in [7, 11) is 0. The molecule has 0 bridgehead atoms. The van der Waals surface area contributed by atoms with Gasteiger partial charge in [-0.25, -0.2) is 5.43 Å². The van der Waals surface area contributed by atoms with Gasteiger partial charge in [-0.05, 0) is 33.2 Å². The maximum absolute atomic E-state index is 12.2. The first-order valence-electron chi connectivity index (χ1n) is 9.65. The average Bonchev–Trinajstić information content (AvgIpc) is 2.79. The number of non-ortho nitro benzene ring substituents is 1. The van der Waals surface area contributed by atoms with E-state index >= 15 is 0 Å². The second kappa shape index (κ2) is 9.40. The number of nitro groups is 1. The fraction of sp³-hybridized carbons (Fsp3) is 0.0833. The van der Waals surface area contributed by atoms with E-state index in [1.165, 1.54) is 23.9 Å². The fourth-order valence-corrected chi connectivity index (χ4v) is 4.18. The second-order valence-corrected chi connectivity index (χ2v) is 7.93. The molecule has 0 unspecified atom stereocenters. The summed E-state index contributed by atoms with van der Waals surface area (Å²) in [4.78, 5) is 22.6. The first-order valence-corrected chi connectivity index (χ1v) is 10.8. The summed E-state index contributed by atoms with van der Waals surface area (Å²) < 4.78 is 0. The highest BCUT2D eigenvalue weighted by Gasteiger charge is 2.08. The fourth-order valence-electron chi connectivity index (χ4n) is 3.41. The molecule has 1 N–H and O–H groups in total. The van der Waals surface area contributed by atoms with Crippen molar-refractivity contribution in [3.05, 3.63) is 100 Å². The monoisotopic (exact) mass is 429 g/mol. The summed E-state index contributed by atoms with van der Waals surface area (Å²) in [5.74, 6) is 0.486. The zero-order chi connectivity index (χ0) is 21.6. The Morgan fingerprint density at radius 1 is 0.968 bits per heavy atom. The van der Waals surface area contributed by atoms with Crippen LogP contribution in [0.3, 0.4) is 0 Å². The van der Waals surface area contributed by atoms with Gasteiger partial charge >= 0.3 is 0 Å². The van der Waals surface area contributed by atoms with Crippen LogP contribution < -0.4 is 5.43 Å². The van der Waals surface area contributed by atoms with Gasteiger partial charge in [0.1, 0.15) is 0 Å². The van der Waals surface area contributed by atoms with Gasteiger partial charge in [0.2, 0.25) is 5.91 Å². The van der Waals surface area contributed by atoms with E-state index in [1.54, 1.807) is 12.3 Å². The minimum Gasteiger partial charge on any atom is -0.272 e. The number of nitrogens with one attached hydrogen (secondary N) is 1. The molecule has 31 heavy (non-hydrogen) atoms.